The summed E-state index contributed by atoms with van der Waals surface area (Å²) >= 11 is 0. The number of carbonyl (C=O) groups excluding carboxylic acids is 1. The van der Waals surface area contributed by atoms with Gasteiger partial charge in [0.1, 0.15) is 0 Å². The molecule has 2 N–H and O–H groups in total. The summed E-state index contributed by atoms with van der Waals surface area (Å²) in [5.74, 6) is -0.658. The molecule has 0 fully saturated rings. The summed E-state index contributed by atoms with van der Waals surface area (Å²) in [5, 5.41) is 3.89. The van der Waals surface area contributed by atoms with Crippen molar-refractivity contribution in [2.45, 2.75) is 46.7 Å². The fraction of sp³-hybridized carbons (Fsp3) is 0.750. The van der Waals surface area contributed by atoms with Crippen LogP contribution < -0.4 is 11.5 Å². The SMILES string of the molecule is CC(C)C[C@H](N)C(=O)c1nn(CC(C)C)c(=O)o1. The lowest BCUT2D eigenvalue weighted by Gasteiger charge is -2.09. The average Bonchev–Trinajstić information content (AvgIpc) is 2.57. The number of Topliss-reactive ketones (excluding diaryl/α,β-unsaturated/α-hetero) is 1. The molecule has 0 unspecified atom stereocenters. The molecule has 1 heterocycles. The Bertz CT molecular complexity index is 459. The minimum Gasteiger partial charge on any atom is -0.384 e. The molecule has 0 aliphatic rings. The van der Waals surface area contributed by atoms with Crippen LogP contribution in [0.25, 0.3) is 0 Å². The molecule has 0 amide bonds. The van der Waals surface area contributed by atoms with Crippen LogP contribution in [0.1, 0.15) is 44.8 Å². The Labute approximate surface area is 106 Å². The van der Waals surface area contributed by atoms with Gasteiger partial charge in [0.2, 0.25) is 5.78 Å². The van der Waals surface area contributed by atoms with Crippen LogP contribution >= 0.6 is 0 Å². The summed E-state index contributed by atoms with van der Waals surface area (Å²) in [6.45, 7) is 8.27. The molecule has 6 nitrogen and oxygen atoms in total. The summed E-state index contributed by atoms with van der Waals surface area (Å²) in [7, 11) is 0. The van der Waals surface area contributed by atoms with Gasteiger partial charge in [0.15, 0.2) is 0 Å². The van der Waals surface area contributed by atoms with Gasteiger partial charge in [-0.3, -0.25) is 4.79 Å². The minimum absolute atomic E-state index is 0.186. The maximum absolute atomic E-state index is 11.9. The first-order chi connectivity index (χ1) is 8.31. The molecule has 18 heavy (non-hydrogen) atoms. The van der Waals surface area contributed by atoms with E-state index in [-0.39, 0.29) is 11.8 Å². The van der Waals surface area contributed by atoms with Gasteiger partial charge in [-0.2, -0.15) is 4.68 Å². The number of rotatable bonds is 6. The lowest BCUT2D eigenvalue weighted by atomic mass is 10.0. The van der Waals surface area contributed by atoms with Crippen LogP contribution in [-0.4, -0.2) is 21.6 Å². The summed E-state index contributed by atoms with van der Waals surface area (Å²) < 4.78 is 6.01. The van der Waals surface area contributed by atoms with Crippen molar-refractivity contribution in [1.29, 1.82) is 0 Å². The number of nitrogens with two attached hydrogens (primary N) is 1. The Kier molecular flexibility index (Phi) is 4.84. The molecule has 0 aliphatic heterocycles. The third-order valence-corrected chi connectivity index (χ3v) is 2.42. The molecule has 0 spiro atoms. The topological polar surface area (TPSA) is 91.1 Å². The second kappa shape index (κ2) is 5.95. The minimum atomic E-state index is -0.671. The van der Waals surface area contributed by atoms with Crippen molar-refractivity contribution in [3.63, 3.8) is 0 Å². The highest BCUT2D eigenvalue weighted by Crippen LogP contribution is 2.07. The van der Waals surface area contributed by atoms with Crippen LogP contribution in [0, 0.1) is 11.8 Å². The molecule has 1 atom stereocenters. The Morgan fingerprint density at radius 3 is 2.44 bits per heavy atom. The first kappa shape index (κ1) is 14.6. The number of ketones is 1. The van der Waals surface area contributed by atoms with Crippen molar-refractivity contribution < 1.29 is 9.21 Å². The van der Waals surface area contributed by atoms with Gasteiger partial charge in [0.05, 0.1) is 12.6 Å². The zero-order chi connectivity index (χ0) is 13.9. The van der Waals surface area contributed by atoms with Gasteiger partial charge in [-0.1, -0.05) is 27.7 Å². The van der Waals surface area contributed by atoms with Gasteiger partial charge < -0.3 is 10.2 Å². The third-order valence-electron chi connectivity index (χ3n) is 2.42. The highest BCUT2D eigenvalue weighted by molar-refractivity contribution is 5.95. The summed E-state index contributed by atoms with van der Waals surface area (Å²) in [4.78, 5) is 23.4. The molecule has 0 aromatic carbocycles. The van der Waals surface area contributed by atoms with Crippen LogP contribution in [0.3, 0.4) is 0 Å². The van der Waals surface area contributed by atoms with Crippen LogP contribution in [0.15, 0.2) is 9.21 Å². The smallest absolute Gasteiger partial charge is 0.384 e. The fourth-order valence-corrected chi connectivity index (χ4v) is 1.64. The molecular formula is C12H21N3O3. The van der Waals surface area contributed by atoms with E-state index in [1.54, 1.807) is 0 Å². The number of hydrogen-bond donors (Lipinski definition) is 1. The predicted molar refractivity (Wildman–Crippen MR) is 67.4 cm³/mol. The molecular weight excluding hydrogens is 234 g/mol. The number of nitrogens with zero attached hydrogens (tertiary/aromatic N) is 2. The van der Waals surface area contributed by atoms with Gasteiger partial charge in [0.25, 0.3) is 5.89 Å². The maximum Gasteiger partial charge on any atom is 0.437 e. The summed E-state index contributed by atoms with van der Waals surface area (Å²) in [6.07, 6.45) is 0.541. The van der Waals surface area contributed by atoms with Crippen LogP contribution in [0.2, 0.25) is 0 Å². The van der Waals surface area contributed by atoms with E-state index in [1.807, 2.05) is 27.7 Å². The van der Waals surface area contributed by atoms with E-state index in [4.69, 9.17) is 10.2 Å². The van der Waals surface area contributed by atoms with Gasteiger partial charge in [-0.15, -0.1) is 5.10 Å². The van der Waals surface area contributed by atoms with E-state index in [1.165, 1.54) is 4.68 Å². The standard InChI is InChI=1S/C12H21N3O3/c1-7(2)5-9(13)10(16)11-14-15(6-8(3)4)12(17)18-11/h7-9H,5-6,13H2,1-4H3/t9-/m0/s1. The average molecular weight is 255 g/mol. The van der Waals surface area contributed by atoms with Crippen LogP contribution in [-0.2, 0) is 6.54 Å². The highest BCUT2D eigenvalue weighted by atomic mass is 16.4. The van der Waals surface area contributed by atoms with Crippen molar-refractivity contribution in [2.24, 2.45) is 17.6 Å². The lowest BCUT2D eigenvalue weighted by Crippen LogP contribution is -2.32. The zero-order valence-electron chi connectivity index (χ0n) is 11.3. The molecule has 6 heteroatoms. The van der Waals surface area contributed by atoms with Crippen LogP contribution in [0.4, 0.5) is 0 Å². The Hall–Kier alpha value is -1.43. The van der Waals surface area contributed by atoms with Gasteiger partial charge in [-0.25, -0.2) is 4.79 Å². The second-order valence-electron chi connectivity index (χ2n) is 5.35. The number of carbonyl (C=O) groups is 1. The molecule has 1 aromatic heterocycles. The van der Waals surface area contributed by atoms with E-state index in [0.717, 1.165) is 0 Å². The molecule has 102 valence electrons. The highest BCUT2D eigenvalue weighted by Gasteiger charge is 2.23. The molecule has 1 rings (SSSR count). The molecule has 0 radical (unpaired) electrons. The Morgan fingerprint density at radius 1 is 1.33 bits per heavy atom. The van der Waals surface area contributed by atoms with E-state index < -0.39 is 17.6 Å². The first-order valence-corrected chi connectivity index (χ1v) is 6.19. The van der Waals surface area contributed by atoms with Gasteiger partial charge in [-0.05, 0) is 18.3 Å². The largest absolute Gasteiger partial charge is 0.437 e. The predicted octanol–water partition coefficient (Wildman–Crippen LogP) is 1.05. The molecule has 1 aromatic rings. The molecule has 0 bridgehead atoms. The Balaban J connectivity index is 2.84. The maximum atomic E-state index is 11.9. The van der Waals surface area contributed by atoms with E-state index in [2.05, 4.69) is 5.10 Å². The van der Waals surface area contributed by atoms with Crippen molar-refractivity contribution in [3.8, 4) is 0 Å². The lowest BCUT2D eigenvalue weighted by molar-refractivity contribution is 0.0914. The molecule has 0 saturated carbocycles. The van der Waals surface area contributed by atoms with E-state index in [9.17, 15) is 9.59 Å². The normalized spacial score (nSPS) is 13.3. The quantitative estimate of drug-likeness (QED) is 0.767. The van der Waals surface area contributed by atoms with Crippen molar-refractivity contribution >= 4 is 5.78 Å². The van der Waals surface area contributed by atoms with E-state index in [0.29, 0.717) is 18.9 Å². The second-order valence-corrected chi connectivity index (χ2v) is 5.35. The summed E-state index contributed by atoms with van der Waals surface area (Å²) in [5.41, 5.74) is 5.75. The third kappa shape index (κ3) is 3.80. The van der Waals surface area contributed by atoms with E-state index >= 15 is 0 Å². The van der Waals surface area contributed by atoms with Crippen LogP contribution in [0.5, 0.6) is 0 Å². The number of hydrogen-bond acceptors (Lipinski definition) is 5. The molecule has 0 aliphatic carbocycles. The Morgan fingerprint density at radius 2 is 1.94 bits per heavy atom. The van der Waals surface area contributed by atoms with Gasteiger partial charge in [0, 0.05) is 0 Å². The monoisotopic (exact) mass is 255 g/mol. The van der Waals surface area contributed by atoms with Crippen molar-refractivity contribution in [2.75, 3.05) is 0 Å². The van der Waals surface area contributed by atoms with Crippen molar-refractivity contribution in [3.05, 3.63) is 16.4 Å². The zero-order valence-corrected chi connectivity index (χ0v) is 11.3. The van der Waals surface area contributed by atoms with Crippen molar-refractivity contribution in [1.82, 2.24) is 9.78 Å². The summed E-state index contributed by atoms with van der Waals surface area (Å²) in [6, 6.07) is -0.671. The first-order valence-electron chi connectivity index (χ1n) is 6.19. The fourth-order valence-electron chi connectivity index (χ4n) is 1.64. The van der Waals surface area contributed by atoms with Gasteiger partial charge >= 0.3 is 5.76 Å². The number of aromatic nitrogens is 2. The molecule has 0 saturated heterocycles.